The Bertz CT molecular complexity index is 524. The lowest BCUT2D eigenvalue weighted by Crippen LogP contribution is -2.41. The lowest BCUT2D eigenvalue weighted by Gasteiger charge is -2.31. The Morgan fingerprint density at radius 1 is 1.23 bits per heavy atom. The third kappa shape index (κ3) is 4.23. The summed E-state index contributed by atoms with van der Waals surface area (Å²) in [6.07, 6.45) is 2.21. The SMILES string of the molecule is CC(C)CCOc1ccc(NC(=O)C2CCC2C(=O)O)cc1. The molecule has 0 aromatic heterocycles. The molecule has 5 heteroatoms. The second-order valence-corrected chi connectivity index (χ2v) is 6.17. The molecule has 1 fully saturated rings. The van der Waals surface area contributed by atoms with Crippen molar-refractivity contribution in [3.05, 3.63) is 24.3 Å². The molecule has 0 bridgehead atoms. The van der Waals surface area contributed by atoms with E-state index in [-0.39, 0.29) is 5.91 Å². The third-order valence-corrected chi connectivity index (χ3v) is 4.01. The third-order valence-electron chi connectivity index (χ3n) is 4.01. The first kappa shape index (κ1) is 16.3. The highest BCUT2D eigenvalue weighted by Gasteiger charge is 2.41. The largest absolute Gasteiger partial charge is 0.494 e. The number of nitrogens with one attached hydrogen (secondary N) is 1. The molecule has 2 atom stereocenters. The predicted molar refractivity (Wildman–Crippen MR) is 83.9 cm³/mol. The molecule has 0 spiro atoms. The molecule has 1 aliphatic rings. The van der Waals surface area contributed by atoms with Crippen molar-refractivity contribution in [1.29, 1.82) is 0 Å². The number of amides is 1. The predicted octanol–water partition coefficient (Wildman–Crippen LogP) is 3.16. The van der Waals surface area contributed by atoms with Crippen LogP contribution in [-0.4, -0.2) is 23.6 Å². The van der Waals surface area contributed by atoms with Gasteiger partial charge in [0.15, 0.2) is 0 Å². The monoisotopic (exact) mass is 305 g/mol. The van der Waals surface area contributed by atoms with Crippen LogP contribution in [0, 0.1) is 17.8 Å². The maximum Gasteiger partial charge on any atom is 0.307 e. The van der Waals surface area contributed by atoms with E-state index in [0.717, 1.165) is 12.2 Å². The fourth-order valence-corrected chi connectivity index (χ4v) is 2.39. The van der Waals surface area contributed by atoms with Crippen LogP contribution in [0.1, 0.15) is 33.1 Å². The van der Waals surface area contributed by atoms with Crippen molar-refractivity contribution in [3.8, 4) is 5.75 Å². The Hall–Kier alpha value is -2.04. The summed E-state index contributed by atoms with van der Waals surface area (Å²) < 4.78 is 5.61. The van der Waals surface area contributed by atoms with E-state index < -0.39 is 17.8 Å². The molecule has 2 rings (SSSR count). The number of hydrogen-bond acceptors (Lipinski definition) is 3. The fourth-order valence-electron chi connectivity index (χ4n) is 2.39. The smallest absolute Gasteiger partial charge is 0.307 e. The van der Waals surface area contributed by atoms with Crippen LogP contribution in [0.15, 0.2) is 24.3 Å². The minimum atomic E-state index is -0.889. The summed E-state index contributed by atoms with van der Waals surface area (Å²) in [7, 11) is 0. The second kappa shape index (κ2) is 7.29. The van der Waals surface area contributed by atoms with E-state index in [1.807, 2.05) is 12.1 Å². The van der Waals surface area contributed by atoms with Gasteiger partial charge in [-0.25, -0.2) is 0 Å². The molecule has 0 heterocycles. The average Bonchev–Trinajstić information content (AvgIpc) is 2.38. The zero-order chi connectivity index (χ0) is 16.1. The van der Waals surface area contributed by atoms with Gasteiger partial charge in [0.1, 0.15) is 5.75 Å². The van der Waals surface area contributed by atoms with Gasteiger partial charge in [0, 0.05) is 5.69 Å². The van der Waals surface area contributed by atoms with Crippen LogP contribution in [0.2, 0.25) is 0 Å². The molecule has 5 nitrogen and oxygen atoms in total. The van der Waals surface area contributed by atoms with E-state index >= 15 is 0 Å². The maximum atomic E-state index is 12.0. The Labute approximate surface area is 130 Å². The van der Waals surface area contributed by atoms with Crippen LogP contribution < -0.4 is 10.1 Å². The van der Waals surface area contributed by atoms with E-state index in [9.17, 15) is 9.59 Å². The van der Waals surface area contributed by atoms with Gasteiger partial charge in [-0.1, -0.05) is 13.8 Å². The zero-order valence-corrected chi connectivity index (χ0v) is 13.0. The number of anilines is 1. The summed E-state index contributed by atoms with van der Waals surface area (Å²) in [4.78, 5) is 23.0. The first-order valence-corrected chi connectivity index (χ1v) is 7.74. The minimum absolute atomic E-state index is 0.216. The number of aliphatic carboxylic acids is 1. The van der Waals surface area contributed by atoms with Gasteiger partial charge in [0.25, 0.3) is 0 Å². The Morgan fingerprint density at radius 2 is 1.86 bits per heavy atom. The summed E-state index contributed by atoms with van der Waals surface area (Å²) >= 11 is 0. The van der Waals surface area contributed by atoms with E-state index in [1.54, 1.807) is 12.1 Å². The van der Waals surface area contributed by atoms with Crippen LogP contribution in [0.25, 0.3) is 0 Å². The molecule has 0 saturated heterocycles. The standard InChI is InChI=1S/C17H23NO4/c1-11(2)9-10-22-13-5-3-12(4-6-13)18-16(19)14-7-8-15(14)17(20)21/h3-6,11,14-15H,7-10H2,1-2H3,(H,18,19)(H,20,21). The van der Waals surface area contributed by atoms with Crippen LogP contribution in [0.5, 0.6) is 5.75 Å². The van der Waals surface area contributed by atoms with Crippen molar-refractivity contribution in [2.75, 3.05) is 11.9 Å². The van der Waals surface area contributed by atoms with Crippen LogP contribution in [-0.2, 0) is 9.59 Å². The molecular formula is C17H23NO4. The lowest BCUT2D eigenvalue weighted by atomic mass is 9.73. The van der Waals surface area contributed by atoms with Crippen LogP contribution >= 0.6 is 0 Å². The summed E-state index contributed by atoms with van der Waals surface area (Å²) in [6.45, 7) is 4.96. The van der Waals surface area contributed by atoms with Gasteiger partial charge in [0.2, 0.25) is 5.91 Å². The first-order valence-electron chi connectivity index (χ1n) is 7.74. The summed E-state index contributed by atoms with van der Waals surface area (Å²) in [5, 5.41) is 11.8. The normalized spacial score (nSPS) is 20.3. The van der Waals surface area contributed by atoms with Crippen molar-refractivity contribution in [1.82, 2.24) is 0 Å². The molecule has 2 unspecified atom stereocenters. The van der Waals surface area contributed by atoms with Crippen molar-refractivity contribution in [2.24, 2.45) is 17.8 Å². The highest BCUT2D eigenvalue weighted by atomic mass is 16.5. The molecule has 0 radical (unpaired) electrons. The van der Waals surface area contributed by atoms with Crippen molar-refractivity contribution in [2.45, 2.75) is 33.1 Å². The van der Waals surface area contributed by atoms with E-state index in [2.05, 4.69) is 19.2 Å². The van der Waals surface area contributed by atoms with Crippen molar-refractivity contribution >= 4 is 17.6 Å². The number of hydrogen-bond donors (Lipinski definition) is 2. The number of carbonyl (C=O) groups is 2. The van der Waals surface area contributed by atoms with Gasteiger partial charge >= 0.3 is 5.97 Å². The first-order chi connectivity index (χ1) is 10.5. The van der Waals surface area contributed by atoms with E-state index in [4.69, 9.17) is 9.84 Å². The van der Waals surface area contributed by atoms with Crippen LogP contribution in [0.3, 0.4) is 0 Å². The average molecular weight is 305 g/mol. The number of rotatable bonds is 7. The van der Waals surface area contributed by atoms with Gasteiger partial charge in [-0.2, -0.15) is 0 Å². The van der Waals surface area contributed by atoms with E-state index in [0.29, 0.717) is 31.1 Å². The molecule has 1 aromatic carbocycles. The molecule has 2 N–H and O–H groups in total. The minimum Gasteiger partial charge on any atom is -0.494 e. The quantitative estimate of drug-likeness (QED) is 0.811. The number of carboxylic acids is 1. The number of carbonyl (C=O) groups excluding carboxylic acids is 1. The van der Waals surface area contributed by atoms with Gasteiger partial charge < -0.3 is 15.2 Å². The molecular weight excluding hydrogens is 282 g/mol. The fraction of sp³-hybridized carbons (Fsp3) is 0.529. The zero-order valence-electron chi connectivity index (χ0n) is 13.0. The molecule has 1 saturated carbocycles. The maximum absolute atomic E-state index is 12.0. The topological polar surface area (TPSA) is 75.6 Å². The van der Waals surface area contributed by atoms with Crippen molar-refractivity contribution < 1.29 is 19.4 Å². The number of ether oxygens (including phenoxy) is 1. The van der Waals surface area contributed by atoms with Crippen LogP contribution in [0.4, 0.5) is 5.69 Å². The summed E-state index contributed by atoms with van der Waals surface area (Å²) in [6, 6.07) is 7.17. The van der Waals surface area contributed by atoms with Gasteiger partial charge in [-0.15, -0.1) is 0 Å². The Kier molecular flexibility index (Phi) is 5.41. The van der Waals surface area contributed by atoms with Gasteiger partial charge in [0.05, 0.1) is 18.4 Å². The molecule has 1 aromatic rings. The molecule has 120 valence electrons. The van der Waals surface area contributed by atoms with E-state index in [1.165, 1.54) is 0 Å². The highest BCUT2D eigenvalue weighted by molar-refractivity contribution is 5.96. The number of benzene rings is 1. The molecule has 1 aliphatic carbocycles. The summed E-state index contributed by atoms with van der Waals surface area (Å²) in [5.74, 6) is -0.695. The van der Waals surface area contributed by atoms with Crippen molar-refractivity contribution in [3.63, 3.8) is 0 Å². The molecule has 22 heavy (non-hydrogen) atoms. The highest BCUT2D eigenvalue weighted by Crippen LogP contribution is 2.35. The Balaban J connectivity index is 1.83. The Morgan fingerprint density at radius 3 is 2.36 bits per heavy atom. The summed E-state index contributed by atoms with van der Waals surface area (Å²) in [5.41, 5.74) is 0.664. The van der Waals surface area contributed by atoms with Gasteiger partial charge in [-0.3, -0.25) is 9.59 Å². The number of carboxylic acid groups (broad SMARTS) is 1. The second-order valence-electron chi connectivity index (χ2n) is 6.17. The lowest BCUT2D eigenvalue weighted by molar-refractivity contribution is -0.151. The molecule has 0 aliphatic heterocycles. The van der Waals surface area contributed by atoms with Gasteiger partial charge in [-0.05, 0) is 49.4 Å². The molecule has 1 amide bonds.